The lowest BCUT2D eigenvalue weighted by atomic mass is 10.1. The molecular weight excluding hydrogens is 476 g/mol. The van der Waals surface area contributed by atoms with Gasteiger partial charge in [-0.3, -0.25) is 4.68 Å². The Morgan fingerprint density at radius 1 is 1.03 bits per heavy atom. The molecule has 8 heteroatoms. The van der Waals surface area contributed by atoms with Gasteiger partial charge in [-0.1, -0.05) is 34.1 Å². The first-order valence-corrected chi connectivity index (χ1v) is 11.5. The number of hydrogen-bond acceptors (Lipinski definition) is 4. The highest BCUT2D eigenvalue weighted by Crippen LogP contribution is 2.28. The Bertz CT molecular complexity index is 991. The number of thiocarbonyl (C=S) groups is 1. The molecule has 0 saturated heterocycles. The summed E-state index contributed by atoms with van der Waals surface area (Å²) in [5.41, 5.74) is 3.19. The molecule has 0 aliphatic rings. The van der Waals surface area contributed by atoms with Gasteiger partial charge in [0, 0.05) is 17.2 Å². The highest BCUT2D eigenvalue weighted by molar-refractivity contribution is 9.10. The van der Waals surface area contributed by atoms with Crippen LogP contribution in [-0.2, 0) is 13.0 Å². The third-order valence-electron chi connectivity index (χ3n) is 4.46. The van der Waals surface area contributed by atoms with Crippen molar-refractivity contribution in [2.45, 2.75) is 26.8 Å². The highest BCUT2D eigenvalue weighted by atomic mass is 79.9. The van der Waals surface area contributed by atoms with Gasteiger partial charge in [0.2, 0.25) is 0 Å². The predicted molar refractivity (Wildman–Crippen MR) is 132 cm³/mol. The molecule has 3 aromatic rings. The average Bonchev–Trinajstić information content (AvgIpc) is 3.18. The molecule has 6 nitrogen and oxygen atoms in total. The van der Waals surface area contributed by atoms with Crippen molar-refractivity contribution in [1.82, 2.24) is 15.1 Å². The van der Waals surface area contributed by atoms with E-state index in [1.54, 1.807) is 6.20 Å². The highest BCUT2D eigenvalue weighted by Gasteiger charge is 2.07. The molecule has 0 bridgehead atoms. The first-order valence-electron chi connectivity index (χ1n) is 10.3. The number of nitrogens with one attached hydrogen (secondary N) is 2. The smallest absolute Gasteiger partial charge is 0.170 e. The molecule has 2 N–H and O–H groups in total. The molecule has 2 aromatic carbocycles. The summed E-state index contributed by atoms with van der Waals surface area (Å²) in [6.07, 6.45) is 4.53. The molecule has 0 spiro atoms. The van der Waals surface area contributed by atoms with E-state index in [0.29, 0.717) is 31.4 Å². The lowest BCUT2D eigenvalue weighted by Crippen LogP contribution is -2.30. The topological polar surface area (TPSA) is 60.3 Å². The van der Waals surface area contributed by atoms with Crippen LogP contribution in [0.25, 0.3) is 0 Å². The fourth-order valence-electron chi connectivity index (χ4n) is 3.04. The summed E-state index contributed by atoms with van der Waals surface area (Å²) in [7, 11) is 0. The first-order chi connectivity index (χ1) is 15.1. The van der Waals surface area contributed by atoms with Gasteiger partial charge in [0.25, 0.3) is 0 Å². The Kier molecular flexibility index (Phi) is 8.73. The number of benzene rings is 2. The van der Waals surface area contributed by atoms with Gasteiger partial charge in [-0.05, 0) is 67.9 Å². The maximum Gasteiger partial charge on any atom is 0.170 e. The maximum absolute atomic E-state index is 5.69. The Morgan fingerprint density at radius 3 is 2.48 bits per heavy atom. The van der Waals surface area contributed by atoms with E-state index in [9.17, 15) is 0 Å². The minimum absolute atomic E-state index is 0.569. The maximum atomic E-state index is 5.69. The zero-order valence-corrected chi connectivity index (χ0v) is 20.1. The van der Waals surface area contributed by atoms with Gasteiger partial charge in [-0.25, -0.2) is 0 Å². The Hall–Kier alpha value is -2.58. The fourth-order valence-corrected chi connectivity index (χ4v) is 3.52. The number of aromatic nitrogens is 2. The van der Waals surface area contributed by atoms with Crippen molar-refractivity contribution in [3.63, 3.8) is 0 Å². The van der Waals surface area contributed by atoms with Crippen LogP contribution >= 0.6 is 28.1 Å². The van der Waals surface area contributed by atoms with Crippen molar-refractivity contribution in [2.75, 3.05) is 25.1 Å². The van der Waals surface area contributed by atoms with E-state index >= 15 is 0 Å². The Morgan fingerprint density at radius 2 is 1.74 bits per heavy atom. The predicted octanol–water partition coefficient (Wildman–Crippen LogP) is 5.02. The van der Waals surface area contributed by atoms with Crippen LogP contribution in [0.15, 0.2) is 59.3 Å². The molecule has 0 aliphatic heterocycles. The van der Waals surface area contributed by atoms with E-state index in [1.807, 2.05) is 49.0 Å². The van der Waals surface area contributed by atoms with Gasteiger partial charge >= 0.3 is 0 Å². The number of nitrogens with zero attached hydrogens (tertiary/aromatic N) is 2. The fraction of sp³-hybridized carbons (Fsp3) is 0.304. The zero-order valence-electron chi connectivity index (χ0n) is 17.7. The van der Waals surface area contributed by atoms with E-state index in [0.717, 1.165) is 33.6 Å². The molecule has 0 radical (unpaired) electrons. The zero-order chi connectivity index (χ0) is 22.1. The molecule has 1 heterocycles. The summed E-state index contributed by atoms with van der Waals surface area (Å²) in [4.78, 5) is 0. The van der Waals surface area contributed by atoms with Crippen LogP contribution in [0.5, 0.6) is 11.5 Å². The van der Waals surface area contributed by atoms with Crippen LogP contribution < -0.4 is 20.1 Å². The van der Waals surface area contributed by atoms with Crippen LogP contribution in [-0.4, -0.2) is 34.7 Å². The van der Waals surface area contributed by atoms with Crippen LogP contribution in [0.1, 0.15) is 25.0 Å². The molecule has 1 aromatic heterocycles. The van der Waals surface area contributed by atoms with Crippen LogP contribution in [0.2, 0.25) is 0 Å². The normalized spacial score (nSPS) is 10.5. The van der Waals surface area contributed by atoms with E-state index in [-0.39, 0.29) is 0 Å². The van der Waals surface area contributed by atoms with Gasteiger partial charge in [0.05, 0.1) is 31.6 Å². The second-order valence-electron chi connectivity index (χ2n) is 6.83. The number of rotatable bonds is 10. The van der Waals surface area contributed by atoms with E-state index in [4.69, 9.17) is 21.7 Å². The van der Waals surface area contributed by atoms with Crippen molar-refractivity contribution in [2.24, 2.45) is 0 Å². The van der Waals surface area contributed by atoms with Crippen LogP contribution in [0, 0.1) is 0 Å². The minimum atomic E-state index is 0.569. The molecule has 3 rings (SSSR count). The number of halogens is 1. The minimum Gasteiger partial charge on any atom is -0.490 e. The second-order valence-corrected chi connectivity index (χ2v) is 8.15. The third-order valence-corrected chi connectivity index (χ3v) is 5.23. The number of ether oxygens (including phenoxy) is 2. The molecule has 0 fully saturated rings. The van der Waals surface area contributed by atoms with Crippen LogP contribution in [0.3, 0.4) is 0 Å². The lowest BCUT2D eigenvalue weighted by molar-refractivity contribution is 0.287. The molecule has 0 unspecified atom stereocenters. The van der Waals surface area contributed by atoms with Gasteiger partial charge in [0.15, 0.2) is 16.6 Å². The van der Waals surface area contributed by atoms with E-state index in [2.05, 4.69) is 49.9 Å². The van der Waals surface area contributed by atoms with Gasteiger partial charge in [-0.15, -0.1) is 0 Å². The quantitative estimate of drug-likeness (QED) is 0.379. The van der Waals surface area contributed by atoms with E-state index in [1.165, 1.54) is 5.56 Å². The third kappa shape index (κ3) is 7.25. The molecule has 0 saturated carbocycles. The molecule has 0 aliphatic carbocycles. The Balaban J connectivity index is 1.47. The molecule has 31 heavy (non-hydrogen) atoms. The van der Waals surface area contributed by atoms with Crippen LogP contribution in [0.4, 0.5) is 5.69 Å². The van der Waals surface area contributed by atoms with Crippen molar-refractivity contribution in [1.29, 1.82) is 0 Å². The van der Waals surface area contributed by atoms with Gasteiger partial charge in [0.1, 0.15) is 0 Å². The first kappa shape index (κ1) is 23.1. The monoisotopic (exact) mass is 502 g/mol. The van der Waals surface area contributed by atoms with Crippen molar-refractivity contribution >= 4 is 38.9 Å². The molecular formula is C23H27BrN4O2S. The summed E-state index contributed by atoms with van der Waals surface area (Å²) >= 11 is 8.87. The van der Waals surface area contributed by atoms with Crippen molar-refractivity contribution in [3.05, 3.63) is 70.5 Å². The largest absolute Gasteiger partial charge is 0.490 e. The summed E-state index contributed by atoms with van der Waals surface area (Å²) < 4.78 is 14.3. The second kappa shape index (κ2) is 11.7. The number of hydrogen-bond donors (Lipinski definition) is 2. The average molecular weight is 503 g/mol. The summed E-state index contributed by atoms with van der Waals surface area (Å²) in [5.74, 6) is 1.55. The van der Waals surface area contributed by atoms with Crippen molar-refractivity contribution < 1.29 is 9.47 Å². The van der Waals surface area contributed by atoms with Crippen molar-refractivity contribution in [3.8, 4) is 11.5 Å². The summed E-state index contributed by atoms with van der Waals surface area (Å²) in [6.45, 7) is 6.56. The molecule has 0 atom stereocenters. The SMILES string of the molecule is CCOc1ccc(CCNC(=S)Nc2cnn(Cc3ccc(Br)cc3)c2)cc1OCC. The lowest BCUT2D eigenvalue weighted by Gasteiger charge is -2.13. The molecule has 164 valence electrons. The number of anilines is 1. The van der Waals surface area contributed by atoms with E-state index < -0.39 is 0 Å². The van der Waals surface area contributed by atoms with Gasteiger partial charge in [-0.2, -0.15) is 5.10 Å². The summed E-state index contributed by atoms with van der Waals surface area (Å²) in [6, 6.07) is 14.2. The van der Waals surface area contributed by atoms with Gasteiger partial charge < -0.3 is 20.1 Å². The Labute approximate surface area is 197 Å². The summed E-state index contributed by atoms with van der Waals surface area (Å²) in [5, 5.41) is 11.4. The standard InChI is InChI=1S/C23H27BrN4O2S/c1-3-29-21-10-7-17(13-22(21)30-4-2)11-12-25-23(31)27-20-14-26-28(16-20)15-18-5-8-19(24)9-6-18/h5-10,13-14,16H,3-4,11-12,15H2,1-2H3,(H2,25,27,31). The molecule has 0 amide bonds.